The van der Waals surface area contributed by atoms with E-state index in [0.29, 0.717) is 19.3 Å². The maximum atomic E-state index is 13.1. The second kappa shape index (κ2) is 17.3. The van der Waals surface area contributed by atoms with Crippen molar-refractivity contribution in [1.29, 1.82) is 0 Å². The molecule has 1 aliphatic rings. The summed E-state index contributed by atoms with van der Waals surface area (Å²) in [7, 11) is 0. The number of hydrogen-bond acceptors (Lipinski definition) is 6. The van der Waals surface area contributed by atoms with Crippen LogP contribution in [0, 0.1) is 11.3 Å². The van der Waals surface area contributed by atoms with Crippen molar-refractivity contribution in [3.8, 4) is 0 Å². The molecule has 3 atom stereocenters. The molecule has 1 saturated heterocycles. The van der Waals surface area contributed by atoms with Crippen LogP contribution in [0.25, 0.3) is 0 Å². The lowest BCUT2D eigenvalue weighted by atomic mass is 9.87. The molecule has 1 aromatic carbocycles. The van der Waals surface area contributed by atoms with Gasteiger partial charge in [-0.2, -0.15) is 40.5 Å². The number of aldehydes is 1. The van der Waals surface area contributed by atoms with Crippen LogP contribution in [0.1, 0.15) is 59.4 Å². The molecule has 0 saturated carbocycles. The number of alkyl carbamates (subject to hydrolysis) is 1. The SMILES string of the molecule is CC(C)(C)C[C@H](NC(=O)C(C)(C)NC(=O)OCc1ccccc1)C(=O)N[C@H](C=O)C[C@@H]1CCNC1=O.S.S.S. The third kappa shape index (κ3) is 13.5. The summed E-state index contributed by atoms with van der Waals surface area (Å²) >= 11 is 0. The van der Waals surface area contributed by atoms with Crippen LogP contribution in [-0.4, -0.2) is 54.3 Å². The minimum absolute atomic E-state index is 0. The first kappa shape index (κ1) is 38.8. The van der Waals surface area contributed by atoms with Gasteiger partial charge in [0.25, 0.3) is 0 Å². The summed E-state index contributed by atoms with van der Waals surface area (Å²) < 4.78 is 5.21. The fourth-order valence-corrected chi connectivity index (χ4v) is 3.84. The quantitative estimate of drug-likeness (QED) is 0.285. The second-order valence-electron chi connectivity index (χ2n) is 10.9. The molecule has 39 heavy (non-hydrogen) atoms. The molecule has 1 fully saturated rings. The van der Waals surface area contributed by atoms with Gasteiger partial charge >= 0.3 is 6.09 Å². The molecule has 10 nitrogen and oxygen atoms in total. The van der Waals surface area contributed by atoms with Gasteiger partial charge in [-0.15, -0.1) is 0 Å². The van der Waals surface area contributed by atoms with Crippen molar-refractivity contribution < 1.29 is 28.7 Å². The number of benzene rings is 1. The van der Waals surface area contributed by atoms with Crippen molar-refractivity contribution >= 4 is 70.6 Å². The summed E-state index contributed by atoms with van der Waals surface area (Å²) in [6, 6.07) is 7.31. The van der Waals surface area contributed by atoms with Crippen molar-refractivity contribution in [2.75, 3.05) is 6.54 Å². The van der Waals surface area contributed by atoms with E-state index in [-0.39, 0.29) is 77.2 Å². The molecule has 222 valence electrons. The topological polar surface area (TPSA) is 143 Å². The van der Waals surface area contributed by atoms with Gasteiger partial charge in [-0.3, -0.25) is 14.4 Å². The van der Waals surface area contributed by atoms with Gasteiger partial charge in [-0.05, 0) is 44.1 Å². The Balaban J connectivity index is 0. The predicted molar refractivity (Wildman–Crippen MR) is 165 cm³/mol. The first-order valence-corrected chi connectivity index (χ1v) is 12.1. The third-order valence-corrected chi connectivity index (χ3v) is 5.83. The summed E-state index contributed by atoms with van der Waals surface area (Å²) in [5, 5.41) is 10.6. The molecule has 0 unspecified atom stereocenters. The number of nitrogens with one attached hydrogen (secondary N) is 4. The van der Waals surface area contributed by atoms with Gasteiger partial charge in [0.15, 0.2) is 0 Å². The van der Waals surface area contributed by atoms with Crippen LogP contribution in [0.15, 0.2) is 30.3 Å². The van der Waals surface area contributed by atoms with Crippen molar-refractivity contribution in [2.45, 2.75) is 78.1 Å². The van der Waals surface area contributed by atoms with Gasteiger partial charge in [-0.1, -0.05) is 51.1 Å². The van der Waals surface area contributed by atoms with Gasteiger partial charge in [0.05, 0.1) is 6.04 Å². The highest BCUT2D eigenvalue weighted by Gasteiger charge is 2.36. The number of carbonyl (C=O) groups excluding carboxylic acids is 5. The Bertz CT molecular complexity index is 957. The van der Waals surface area contributed by atoms with Crippen LogP contribution in [0.5, 0.6) is 0 Å². The molecule has 0 aliphatic carbocycles. The highest BCUT2D eigenvalue weighted by Crippen LogP contribution is 2.22. The van der Waals surface area contributed by atoms with Crippen LogP contribution in [0.4, 0.5) is 4.79 Å². The van der Waals surface area contributed by atoms with Gasteiger partial charge in [-0.25, -0.2) is 4.79 Å². The Morgan fingerprint density at radius 2 is 1.67 bits per heavy atom. The fourth-order valence-electron chi connectivity index (χ4n) is 3.84. The zero-order valence-corrected chi connectivity index (χ0v) is 26.2. The molecule has 2 rings (SSSR count). The van der Waals surface area contributed by atoms with Gasteiger partial charge in [0.2, 0.25) is 17.7 Å². The van der Waals surface area contributed by atoms with Crippen LogP contribution in [0.2, 0.25) is 0 Å². The van der Waals surface area contributed by atoms with Crippen LogP contribution >= 0.6 is 40.5 Å². The lowest BCUT2D eigenvalue weighted by Crippen LogP contribution is -2.60. The summed E-state index contributed by atoms with van der Waals surface area (Å²) in [6.45, 7) is 9.36. The Hall–Kier alpha value is -2.38. The third-order valence-electron chi connectivity index (χ3n) is 5.83. The normalized spacial score (nSPS) is 16.0. The Kier molecular flexibility index (Phi) is 17.2. The number of carbonyl (C=O) groups is 5. The highest BCUT2D eigenvalue weighted by atomic mass is 32.1. The van der Waals surface area contributed by atoms with E-state index >= 15 is 0 Å². The lowest BCUT2D eigenvalue weighted by molar-refractivity contribution is -0.133. The Labute approximate surface area is 251 Å². The average molecular weight is 605 g/mol. The van der Waals surface area contributed by atoms with E-state index in [4.69, 9.17) is 4.74 Å². The summed E-state index contributed by atoms with van der Waals surface area (Å²) in [5.74, 6) is -1.60. The molecule has 13 heteroatoms. The second-order valence-corrected chi connectivity index (χ2v) is 10.9. The fraction of sp³-hybridized carbons (Fsp3) is 0.577. The standard InChI is InChI=1S/C26H38N4O6.3H2S/c1-25(2,3)14-20(22(33)28-19(15-31)13-18-11-12-27-21(18)32)29-23(34)26(4,5)30-24(35)36-16-17-9-7-6-8-10-17;;;/h6-10,15,18-20H,11-14,16H2,1-5H3,(H,27,32)(H,28,33)(H,29,34)(H,30,35);3*1H2/t18-,19-,20-;;;/m0.../s1. The largest absolute Gasteiger partial charge is 0.445 e. The highest BCUT2D eigenvalue weighted by molar-refractivity contribution is 7.59. The number of amides is 4. The van der Waals surface area contributed by atoms with E-state index in [2.05, 4.69) is 21.3 Å². The van der Waals surface area contributed by atoms with E-state index in [0.717, 1.165) is 5.56 Å². The lowest BCUT2D eigenvalue weighted by Gasteiger charge is -2.31. The van der Waals surface area contributed by atoms with E-state index in [9.17, 15) is 24.0 Å². The van der Waals surface area contributed by atoms with Gasteiger partial charge < -0.3 is 30.8 Å². The molecule has 0 radical (unpaired) electrons. The van der Waals surface area contributed by atoms with E-state index in [1.807, 2.05) is 51.1 Å². The molecule has 4 amide bonds. The number of rotatable bonds is 11. The van der Waals surface area contributed by atoms with Crippen LogP contribution < -0.4 is 21.3 Å². The van der Waals surface area contributed by atoms with E-state index < -0.39 is 35.5 Å². The molecule has 1 heterocycles. The Morgan fingerprint density at radius 3 is 2.18 bits per heavy atom. The smallest absolute Gasteiger partial charge is 0.408 e. The van der Waals surface area contributed by atoms with E-state index in [1.165, 1.54) is 13.8 Å². The van der Waals surface area contributed by atoms with E-state index in [1.54, 1.807) is 0 Å². The molecule has 1 aromatic rings. The van der Waals surface area contributed by atoms with Crippen molar-refractivity contribution in [2.24, 2.45) is 11.3 Å². The van der Waals surface area contributed by atoms with Crippen molar-refractivity contribution in [3.63, 3.8) is 0 Å². The zero-order chi connectivity index (χ0) is 26.9. The summed E-state index contributed by atoms with van der Waals surface area (Å²) in [5.41, 5.74) is -0.906. The number of hydrogen-bond donors (Lipinski definition) is 4. The monoisotopic (exact) mass is 604 g/mol. The van der Waals surface area contributed by atoms with Crippen molar-refractivity contribution in [1.82, 2.24) is 21.3 Å². The summed E-state index contributed by atoms with van der Waals surface area (Å²) in [4.78, 5) is 61.9. The molecule has 0 spiro atoms. The first-order chi connectivity index (χ1) is 16.8. The molecular formula is C26H44N4O6S3. The van der Waals surface area contributed by atoms with Crippen LogP contribution in [0.3, 0.4) is 0 Å². The van der Waals surface area contributed by atoms with Gasteiger partial charge in [0, 0.05) is 12.5 Å². The average Bonchev–Trinajstić information content (AvgIpc) is 3.20. The Morgan fingerprint density at radius 1 is 1.05 bits per heavy atom. The molecule has 1 aliphatic heterocycles. The van der Waals surface area contributed by atoms with Crippen molar-refractivity contribution in [3.05, 3.63) is 35.9 Å². The maximum absolute atomic E-state index is 13.1. The first-order valence-electron chi connectivity index (χ1n) is 12.1. The zero-order valence-electron chi connectivity index (χ0n) is 23.2. The number of ether oxygens (including phenoxy) is 1. The minimum Gasteiger partial charge on any atom is -0.445 e. The molecule has 4 N–H and O–H groups in total. The summed E-state index contributed by atoms with van der Waals surface area (Å²) in [6.07, 6.45) is 0.910. The predicted octanol–water partition coefficient (Wildman–Crippen LogP) is 2.16. The van der Waals surface area contributed by atoms with Crippen LogP contribution in [-0.2, 0) is 30.5 Å². The van der Waals surface area contributed by atoms with Gasteiger partial charge in [0.1, 0.15) is 24.5 Å². The maximum Gasteiger partial charge on any atom is 0.408 e. The molecule has 0 bridgehead atoms. The molecular weight excluding hydrogens is 561 g/mol. The molecule has 0 aromatic heterocycles. The minimum atomic E-state index is -1.38.